The Morgan fingerprint density at radius 2 is 1.86 bits per heavy atom. The fraction of sp³-hybridized carbons (Fsp3) is 0.533. The zero-order valence-electron chi connectivity index (χ0n) is 12.7. The smallest absolute Gasteiger partial charge is 0.416 e. The average Bonchev–Trinajstić information content (AvgIpc) is 2.37. The van der Waals surface area contributed by atoms with E-state index in [1.165, 1.54) is 12.1 Å². The number of benzene rings is 1. The van der Waals surface area contributed by atoms with E-state index in [4.69, 9.17) is 0 Å². The Morgan fingerprint density at radius 3 is 2.27 bits per heavy atom. The van der Waals surface area contributed by atoms with Crippen LogP contribution in [-0.2, 0) is 6.18 Å². The minimum atomic E-state index is -4.48. The lowest BCUT2D eigenvalue weighted by molar-refractivity contribution is -0.137. The van der Waals surface area contributed by atoms with Gasteiger partial charge in [0.15, 0.2) is 0 Å². The molecular weight excluding hydrogens is 299 g/mol. The van der Waals surface area contributed by atoms with Crippen molar-refractivity contribution < 1.29 is 28.2 Å². The van der Waals surface area contributed by atoms with Gasteiger partial charge in [0.05, 0.1) is 12.2 Å². The normalized spacial score (nSPS) is 13.8. The van der Waals surface area contributed by atoms with Gasteiger partial charge in [-0.05, 0) is 32.4 Å². The maximum Gasteiger partial charge on any atom is 0.416 e. The summed E-state index contributed by atoms with van der Waals surface area (Å²) < 4.78 is 38.2. The van der Waals surface area contributed by atoms with Crippen LogP contribution in [0.3, 0.4) is 0 Å². The summed E-state index contributed by atoms with van der Waals surface area (Å²) in [5.41, 5.74) is -1.28. The van der Waals surface area contributed by atoms with Gasteiger partial charge in [-0.15, -0.1) is 0 Å². The molecule has 1 atom stereocenters. The van der Waals surface area contributed by atoms with Gasteiger partial charge < -0.3 is 15.1 Å². The van der Waals surface area contributed by atoms with Gasteiger partial charge in [0, 0.05) is 18.0 Å². The first-order valence-electron chi connectivity index (χ1n) is 6.75. The number of carboxylic acid groups (broad SMARTS) is 1. The fourth-order valence-corrected chi connectivity index (χ4v) is 2.10. The van der Waals surface area contributed by atoms with Gasteiger partial charge in [-0.25, -0.2) is 4.79 Å². The molecule has 1 amide bonds. The third-order valence-electron chi connectivity index (χ3n) is 3.35. The van der Waals surface area contributed by atoms with E-state index < -0.39 is 35.9 Å². The monoisotopic (exact) mass is 319 g/mol. The van der Waals surface area contributed by atoms with E-state index in [0.29, 0.717) is 0 Å². The molecule has 1 unspecified atom stereocenters. The highest BCUT2D eigenvalue weighted by atomic mass is 19.4. The van der Waals surface area contributed by atoms with Crippen molar-refractivity contribution >= 4 is 6.09 Å². The molecule has 1 rings (SSSR count). The number of aliphatic hydroxyl groups is 1. The zero-order chi connectivity index (χ0) is 17.1. The van der Waals surface area contributed by atoms with E-state index in [1.807, 2.05) is 0 Å². The Kier molecular flexibility index (Phi) is 5.45. The molecule has 124 valence electrons. The predicted molar refractivity (Wildman–Crippen MR) is 75.8 cm³/mol. The number of amides is 1. The second kappa shape index (κ2) is 6.56. The highest BCUT2D eigenvalue weighted by Crippen LogP contribution is 2.31. The van der Waals surface area contributed by atoms with Crippen LogP contribution in [0.5, 0.6) is 0 Å². The number of hydrogen-bond acceptors (Lipinski definition) is 2. The molecule has 1 aromatic carbocycles. The van der Waals surface area contributed by atoms with Crippen molar-refractivity contribution in [3.63, 3.8) is 0 Å². The lowest BCUT2D eigenvalue weighted by Gasteiger charge is -2.35. The maximum atomic E-state index is 12.7. The molecule has 0 aromatic heterocycles. The van der Waals surface area contributed by atoms with Crippen molar-refractivity contribution in [2.45, 2.75) is 38.4 Å². The highest BCUT2D eigenvalue weighted by molar-refractivity contribution is 5.66. The van der Waals surface area contributed by atoms with Gasteiger partial charge in [0.25, 0.3) is 0 Å². The summed E-state index contributed by atoms with van der Waals surface area (Å²) in [6.45, 7) is 4.52. The van der Waals surface area contributed by atoms with Crippen molar-refractivity contribution in [1.29, 1.82) is 0 Å². The van der Waals surface area contributed by atoms with E-state index >= 15 is 0 Å². The van der Waals surface area contributed by atoms with Crippen LogP contribution in [0.1, 0.15) is 37.8 Å². The predicted octanol–water partition coefficient (Wildman–Crippen LogP) is 3.56. The van der Waals surface area contributed by atoms with Crippen LogP contribution in [0.4, 0.5) is 18.0 Å². The summed E-state index contributed by atoms with van der Waals surface area (Å²) in [5.74, 6) is -0.724. The van der Waals surface area contributed by atoms with E-state index in [-0.39, 0.29) is 12.1 Å². The van der Waals surface area contributed by atoms with Crippen LogP contribution >= 0.6 is 0 Å². The number of nitrogens with zero attached hydrogens (tertiary/aromatic N) is 1. The second-order valence-corrected chi connectivity index (χ2v) is 6.07. The molecule has 2 N–H and O–H groups in total. The third-order valence-corrected chi connectivity index (χ3v) is 3.35. The third kappa shape index (κ3) is 4.62. The number of aliphatic hydroxyl groups excluding tert-OH is 1. The van der Waals surface area contributed by atoms with Crippen molar-refractivity contribution in [2.24, 2.45) is 0 Å². The molecule has 0 aliphatic heterocycles. The van der Waals surface area contributed by atoms with E-state index in [1.54, 1.807) is 20.8 Å². The van der Waals surface area contributed by atoms with Gasteiger partial charge in [0.2, 0.25) is 0 Å². The van der Waals surface area contributed by atoms with E-state index in [9.17, 15) is 28.2 Å². The van der Waals surface area contributed by atoms with Crippen LogP contribution in [0.25, 0.3) is 0 Å². The molecule has 0 heterocycles. The molecule has 0 saturated heterocycles. The summed E-state index contributed by atoms with van der Waals surface area (Å²) in [6, 6.07) is 4.60. The van der Waals surface area contributed by atoms with E-state index in [0.717, 1.165) is 17.0 Å². The lowest BCUT2D eigenvalue weighted by Crippen LogP contribution is -2.47. The molecule has 1 aromatic rings. The van der Waals surface area contributed by atoms with Gasteiger partial charge >= 0.3 is 12.3 Å². The Labute approximate surface area is 127 Å². The van der Waals surface area contributed by atoms with Gasteiger partial charge in [-0.1, -0.05) is 18.2 Å². The zero-order valence-corrected chi connectivity index (χ0v) is 12.7. The van der Waals surface area contributed by atoms with Crippen molar-refractivity contribution in [3.05, 3.63) is 35.4 Å². The van der Waals surface area contributed by atoms with E-state index in [2.05, 4.69) is 0 Å². The first kappa shape index (κ1) is 18.3. The van der Waals surface area contributed by atoms with Crippen LogP contribution < -0.4 is 0 Å². The first-order valence-corrected chi connectivity index (χ1v) is 6.75. The average molecular weight is 319 g/mol. The molecular formula is C15H20F3NO3. The first-order chi connectivity index (χ1) is 9.96. The van der Waals surface area contributed by atoms with Crippen molar-refractivity contribution in [3.8, 4) is 0 Å². The second-order valence-electron chi connectivity index (χ2n) is 6.07. The lowest BCUT2D eigenvalue weighted by atomic mass is 9.95. The quantitative estimate of drug-likeness (QED) is 0.892. The van der Waals surface area contributed by atoms with Crippen molar-refractivity contribution in [1.82, 2.24) is 4.90 Å². The summed E-state index contributed by atoms with van der Waals surface area (Å²) in [7, 11) is 0. The van der Waals surface area contributed by atoms with Crippen LogP contribution in [0.2, 0.25) is 0 Å². The molecule has 22 heavy (non-hydrogen) atoms. The van der Waals surface area contributed by atoms with Crippen LogP contribution in [0, 0.1) is 0 Å². The number of carbonyl (C=O) groups is 1. The molecule has 0 bridgehead atoms. The van der Waals surface area contributed by atoms with Gasteiger partial charge in [0.1, 0.15) is 0 Å². The van der Waals surface area contributed by atoms with Crippen LogP contribution in [0.15, 0.2) is 24.3 Å². The summed E-state index contributed by atoms with van der Waals surface area (Å²) >= 11 is 0. The molecule has 0 saturated carbocycles. The summed E-state index contributed by atoms with van der Waals surface area (Å²) in [6.07, 6.45) is -5.66. The Bertz CT molecular complexity index is 523. The summed E-state index contributed by atoms with van der Waals surface area (Å²) in [5, 5.41) is 18.7. The Morgan fingerprint density at radius 1 is 1.27 bits per heavy atom. The summed E-state index contributed by atoms with van der Waals surface area (Å²) in [4.78, 5) is 12.4. The number of halogens is 3. The largest absolute Gasteiger partial charge is 0.465 e. The molecule has 7 heteroatoms. The maximum absolute atomic E-state index is 12.7. The van der Waals surface area contributed by atoms with Crippen molar-refractivity contribution in [2.75, 3.05) is 13.2 Å². The molecule has 0 aliphatic rings. The van der Waals surface area contributed by atoms with Crippen LogP contribution in [-0.4, -0.2) is 39.9 Å². The standard InChI is InChI=1S/C15H20F3NO3/c1-14(2,3)19(13(21)22)8-11(9-20)10-5-4-6-12(7-10)15(16,17)18/h4-7,11,20H,8-9H2,1-3H3,(H,21,22). The molecule has 0 fully saturated rings. The number of alkyl halides is 3. The molecule has 4 nitrogen and oxygen atoms in total. The minimum absolute atomic E-state index is 0.0867. The number of rotatable bonds is 4. The Balaban J connectivity index is 3.09. The van der Waals surface area contributed by atoms with Gasteiger partial charge in [-0.2, -0.15) is 13.2 Å². The fourth-order valence-electron chi connectivity index (χ4n) is 2.10. The molecule has 0 aliphatic carbocycles. The molecule has 0 radical (unpaired) electrons. The topological polar surface area (TPSA) is 60.8 Å². The number of hydrogen-bond donors (Lipinski definition) is 2. The SMILES string of the molecule is CC(C)(C)N(CC(CO)c1cccc(C(F)(F)F)c1)C(=O)O. The molecule has 0 spiro atoms. The highest BCUT2D eigenvalue weighted by Gasteiger charge is 2.32. The Hall–Kier alpha value is -1.76. The van der Waals surface area contributed by atoms with Gasteiger partial charge in [-0.3, -0.25) is 0 Å². The minimum Gasteiger partial charge on any atom is -0.465 e.